The molecule has 0 spiro atoms. The molecule has 1 fully saturated rings. The zero-order valence-corrected chi connectivity index (χ0v) is 16.9. The Kier molecular flexibility index (Phi) is 6.10. The number of H-pyrrole nitrogens is 1. The minimum Gasteiger partial charge on any atom is -0.498 e. The van der Waals surface area contributed by atoms with Gasteiger partial charge in [-0.3, -0.25) is 14.5 Å². The van der Waals surface area contributed by atoms with E-state index in [0.717, 1.165) is 0 Å². The molecular formula is C16H19N5O6S2. The Morgan fingerprint density at radius 3 is 2.90 bits per heavy atom. The van der Waals surface area contributed by atoms with Crippen LogP contribution < -0.4 is 11.1 Å². The first-order valence-electron chi connectivity index (χ1n) is 8.49. The lowest BCUT2D eigenvalue weighted by Gasteiger charge is -2.49. The first-order chi connectivity index (χ1) is 13.7. The monoisotopic (exact) mass is 441 g/mol. The Balaban J connectivity index is 1.60. The number of methoxy groups -OCH3 is 1. The second-order valence-corrected chi connectivity index (χ2v) is 8.00. The van der Waals surface area contributed by atoms with Gasteiger partial charge in [-0.05, 0) is 0 Å². The van der Waals surface area contributed by atoms with E-state index < -0.39 is 35.3 Å². The molecule has 0 radical (unpaired) electrons. The summed E-state index contributed by atoms with van der Waals surface area (Å²) in [4.78, 5) is 43.5. The van der Waals surface area contributed by atoms with E-state index >= 15 is 0 Å². The highest BCUT2D eigenvalue weighted by molar-refractivity contribution is 8.00. The molecule has 3 atom stereocenters. The highest BCUT2D eigenvalue weighted by Gasteiger charge is 2.54. The minimum atomic E-state index is -1.22. The van der Waals surface area contributed by atoms with Gasteiger partial charge in [-0.2, -0.15) is 0 Å². The van der Waals surface area contributed by atoms with E-state index in [1.807, 2.05) is 0 Å². The lowest BCUT2D eigenvalue weighted by atomic mass is 10.0. The number of hydrogen-bond donors (Lipinski definition) is 5. The number of thioether (sulfide) groups is 1. The third kappa shape index (κ3) is 4.21. The summed E-state index contributed by atoms with van der Waals surface area (Å²) in [6, 6.07) is -1.69. The highest BCUT2D eigenvalue weighted by Crippen LogP contribution is 2.40. The summed E-state index contributed by atoms with van der Waals surface area (Å²) in [5.41, 5.74) is 5.84. The number of carbonyl (C=O) groups is 3. The van der Waals surface area contributed by atoms with Gasteiger partial charge in [0.05, 0.1) is 30.0 Å². The minimum absolute atomic E-state index is 0.0763. The molecule has 0 aliphatic carbocycles. The molecule has 1 unspecified atom stereocenters. The lowest BCUT2D eigenvalue weighted by Crippen LogP contribution is -2.70. The molecule has 1 amide bonds. The third-order valence-electron chi connectivity index (χ3n) is 4.46. The number of nitrogens with zero attached hydrogens (tertiary/aromatic N) is 2. The van der Waals surface area contributed by atoms with E-state index in [4.69, 9.17) is 27.8 Å². The van der Waals surface area contributed by atoms with Crippen molar-refractivity contribution in [3.8, 4) is 0 Å². The number of aromatic amines is 1. The van der Waals surface area contributed by atoms with E-state index in [1.165, 1.54) is 23.8 Å². The van der Waals surface area contributed by atoms with E-state index in [9.17, 15) is 19.5 Å². The maximum atomic E-state index is 12.5. The molecule has 11 nitrogen and oxygen atoms in total. The molecule has 2 aliphatic heterocycles. The predicted octanol–water partition coefficient (Wildman–Crippen LogP) is -0.950. The normalized spacial score (nSPS) is 21.9. The van der Waals surface area contributed by atoms with Crippen LogP contribution in [-0.2, 0) is 32.0 Å². The molecule has 2 aliphatic rings. The molecule has 1 aromatic heterocycles. The first-order valence-corrected chi connectivity index (χ1v) is 9.94. The number of imidazole rings is 1. The van der Waals surface area contributed by atoms with Crippen LogP contribution in [0.5, 0.6) is 0 Å². The molecule has 0 saturated carbocycles. The summed E-state index contributed by atoms with van der Waals surface area (Å²) in [7, 11) is 1.37. The zero-order chi connectivity index (χ0) is 21.3. The van der Waals surface area contributed by atoms with Gasteiger partial charge in [0.1, 0.15) is 29.0 Å². The van der Waals surface area contributed by atoms with E-state index in [-0.39, 0.29) is 24.3 Å². The van der Waals surface area contributed by atoms with Crippen molar-refractivity contribution in [2.45, 2.75) is 30.3 Å². The number of rotatable bonds is 8. The highest BCUT2D eigenvalue weighted by atomic mass is 32.2. The lowest BCUT2D eigenvalue weighted by molar-refractivity contribution is -0.149. The van der Waals surface area contributed by atoms with Crippen molar-refractivity contribution in [3.05, 3.63) is 29.2 Å². The Labute approximate surface area is 174 Å². The predicted molar refractivity (Wildman–Crippen MR) is 106 cm³/mol. The maximum absolute atomic E-state index is 12.5. The van der Waals surface area contributed by atoms with Gasteiger partial charge in [0, 0.05) is 12.6 Å². The van der Waals surface area contributed by atoms with Crippen LogP contribution in [0, 0.1) is 0 Å². The fourth-order valence-corrected chi connectivity index (χ4v) is 4.61. The largest absolute Gasteiger partial charge is 0.498 e. The summed E-state index contributed by atoms with van der Waals surface area (Å²) < 4.78 is 5.09. The van der Waals surface area contributed by atoms with Crippen LogP contribution in [0.25, 0.3) is 0 Å². The first kappa shape index (κ1) is 21.1. The van der Waals surface area contributed by atoms with Crippen molar-refractivity contribution in [2.24, 2.45) is 5.73 Å². The summed E-state index contributed by atoms with van der Waals surface area (Å²) in [6.45, 7) is 0. The molecular weight excluding hydrogens is 422 g/mol. The van der Waals surface area contributed by atoms with E-state index in [0.29, 0.717) is 22.3 Å². The number of hydrogen-bond acceptors (Lipinski definition) is 8. The van der Waals surface area contributed by atoms with Gasteiger partial charge in [-0.25, -0.2) is 9.78 Å². The molecule has 1 saturated heterocycles. The molecule has 6 N–H and O–H groups in total. The van der Waals surface area contributed by atoms with Crippen LogP contribution in [0.15, 0.2) is 17.7 Å². The summed E-state index contributed by atoms with van der Waals surface area (Å²) >= 11 is 6.69. The van der Waals surface area contributed by atoms with Crippen molar-refractivity contribution in [1.29, 1.82) is 0 Å². The van der Waals surface area contributed by atoms with Gasteiger partial charge in [-0.15, -0.1) is 11.8 Å². The topological polar surface area (TPSA) is 171 Å². The number of nitrogens with one attached hydrogen (secondary N) is 2. The van der Waals surface area contributed by atoms with Crippen molar-refractivity contribution in [2.75, 3.05) is 12.9 Å². The number of carboxylic acids is 2. The van der Waals surface area contributed by atoms with Crippen LogP contribution in [0.1, 0.15) is 11.5 Å². The molecule has 29 heavy (non-hydrogen) atoms. The Bertz CT molecular complexity index is 900. The number of aliphatic carboxylic acids is 2. The van der Waals surface area contributed by atoms with Gasteiger partial charge >= 0.3 is 11.9 Å². The number of carbonyl (C=O) groups excluding carboxylic acids is 1. The molecule has 156 valence electrons. The van der Waals surface area contributed by atoms with Crippen molar-refractivity contribution in [3.63, 3.8) is 0 Å². The van der Waals surface area contributed by atoms with Crippen LogP contribution in [0.2, 0.25) is 0 Å². The Morgan fingerprint density at radius 2 is 2.28 bits per heavy atom. The molecule has 0 bridgehead atoms. The van der Waals surface area contributed by atoms with Gasteiger partial charge in [0.25, 0.3) is 5.91 Å². The Morgan fingerprint density at radius 1 is 1.55 bits per heavy atom. The second kappa shape index (κ2) is 8.39. The number of aromatic nitrogens is 2. The van der Waals surface area contributed by atoms with Crippen molar-refractivity contribution >= 4 is 46.8 Å². The van der Waals surface area contributed by atoms with Gasteiger partial charge in [-0.1, -0.05) is 12.2 Å². The fraction of sp³-hybridized carbons (Fsp3) is 0.438. The number of thiocarbonyl (C=S) groups is 1. The van der Waals surface area contributed by atoms with Gasteiger partial charge in [0.15, 0.2) is 5.70 Å². The van der Waals surface area contributed by atoms with Crippen molar-refractivity contribution < 1.29 is 29.3 Å². The van der Waals surface area contributed by atoms with Gasteiger partial charge in [0.2, 0.25) is 0 Å². The number of fused-ring (bicyclic) bond motifs is 1. The maximum Gasteiger partial charge on any atom is 0.356 e. The van der Waals surface area contributed by atoms with Crippen LogP contribution >= 0.6 is 24.0 Å². The SMILES string of the molecule is COC1=C(C(=O)O)N2C(=O)[C@@H](NC(=S)Cc3nc(CC(N)C(=O)O)c[nH]3)[C@@H]2SC1. The quantitative estimate of drug-likeness (QED) is 0.249. The molecule has 3 heterocycles. The summed E-state index contributed by atoms with van der Waals surface area (Å²) in [5.74, 6) is -1.65. The smallest absolute Gasteiger partial charge is 0.356 e. The third-order valence-corrected chi connectivity index (χ3v) is 5.97. The molecule has 3 rings (SSSR count). The zero-order valence-electron chi connectivity index (χ0n) is 15.2. The molecule has 1 aromatic rings. The van der Waals surface area contributed by atoms with Crippen LogP contribution in [-0.4, -0.2) is 78.2 Å². The molecule has 13 heteroatoms. The number of amides is 1. The van der Waals surface area contributed by atoms with Crippen molar-refractivity contribution in [1.82, 2.24) is 20.2 Å². The fourth-order valence-electron chi connectivity index (χ4n) is 3.04. The number of ether oxygens (including phenoxy) is 1. The van der Waals surface area contributed by atoms with Crippen LogP contribution in [0.4, 0.5) is 0 Å². The summed E-state index contributed by atoms with van der Waals surface area (Å²) in [5, 5.41) is 20.8. The second-order valence-electron chi connectivity index (χ2n) is 6.40. The van der Waals surface area contributed by atoms with E-state index in [1.54, 1.807) is 6.20 Å². The Hall–Kier alpha value is -2.64. The average molecular weight is 441 g/mol. The van der Waals surface area contributed by atoms with E-state index in [2.05, 4.69) is 15.3 Å². The summed E-state index contributed by atoms with van der Waals surface area (Å²) in [6.07, 6.45) is 1.85. The number of carboxylic acid groups (broad SMARTS) is 2. The molecule has 0 aromatic carbocycles. The van der Waals surface area contributed by atoms with Crippen LogP contribution in [0.3, 0.4) is 0 Å². The average Bonchev–Trinajstić information content (AvgIpc) is 3.10. The number of β-lactam (4-membered cyclic amide) rings is 1. The van der Waals surface area contributed by atoms with Gasteiger partial charge < -0.3 is 31.0 Å². The standard InChI is InChI=1S/C16H19N5O6S2/c1-27-8-5-29-14-11(13(22)21(14)12(8)16(25)26)20-10(28)3-9-18-4-6(19-9)2-7(17)15(23)24/h4,7,11,14H,2-3,5,17H2,1H3,(H,18,19)(H,20,28)(H,23,24)(H,25,26)/t7?,11-,14+/m1/s1. The number of nitrogens with two attached hydrogens (primary N) is 1.